The molecular formula is C21H25NO4S. The average molecular weight is 388 g/mol. The third-order valence-electron chi connectivity index (χ3n) is 4.96. The molecule has 1 saturated heterocycles. The van der Waals surface area contributed by atoms with Crippen LogP contribution in [0.5, 0.6) is 5.75 Å². The van der Waals surface area contributed by atoms with Crippen molar-refractivity contribution < 1.29 is 19.4 Å². The smallest absolute Gasteiger partial charge is 0.410 e. The number of aliphatic hydroxyl groups is 1. The first-order chi connectivity index (χ1) is 13.1. The number of nitrogens with zero attached hydrogens (tertiary/aromatic N) is 1. The van der Waals surface area contributed by atoms with E-state index in [9.17, 15) is 9.90 Å². The zero-order chi connectivity index (χ0) is 19.3. The number of ether oxygens (including phenoxy) is 2. The van der Waals surface area contributed by atoms with Gasteiger partial charge in [0.05, 0.1) is 12.7 Å². The Morgan fingerprint density at radius 3 is 2.52 bits per heavy atom. The van der Waals surface area contributed by atoms with Gasteiger partial charge in [0.15, 0.2) is 0 Å². The third kappa shape index (κ3) is 4.57. The van der Waals surface area contributed by atoms with Crippen LogP contribution in [0.15, 0.2) is 53.4 Å². The van der Waals surface area contributed by atoms with Gasteiger partial charge in [0.2, 0.25) is 0 Å². The highest BCUT2D eigenvalue weighted by molar-refractivity contribution is 7.98. The van der Waals surface area contributed by atoms with Gasteiger partial charge in [-0.1, -0.05) is 36.4 Å². The van der Waals surface area contributed by atoms with Crippen LogP contribution in [0.4, 0.5) is 4.79 Å². The molecule has 1 N–H and O–H groups in total. The minimum absolute atomic E-state index is 0.259. The minimum atomic E-state index is -0.944. The van der Waals surface area contributed by atoms with Crippen LogP contribution in [0.1, 0.15) is 24.0 Å². The molecule has 0 saturated carbocycles. The van der Waals surface area contributed by atoms with E-state index in [0.717, 1.165) is 21.8 Å². The van der Waals surface area contributed by atoms with Crippen molar-refractivity contribution in [2.24, 2.45) is 0 Å². The van der Waals surface area contributed by atoms with Crippen molar-refractivity contribution in [2.75, 3.05) is 26.5 Å². The first-order valence-electron chi connectivity index (χ1n) is 8.96. The highest BCUT2D eigenvalue weighted by atomic mass is 32.2. The van der Waals surface area contributed by atoms with Gasteiger partial charge in [-0.25, -0.2) is 4.79 Å². The van der Waals surface area contributed by atoms with E-state index in [1.165, 1.54) is 0 Å². The molecule has 0 radical (unpaired) electrons. The van der Waals surface area contributed by atoms with Crippen LogP contribution in [-0.2, 0) is 16.9 Å². The third-order valence-corrected chi connectivity index (χ3v) is 5.74. The Kier molecular flexibility index (Phi) is 6.29. The van der Waals surface area contributed by atoms with E-state index in [1.54, 1.807) is 23.8 Å². The van der Waals surface area contributed by atoms with E-state index in [4.69, 9.17) is 9.47 Å². The lowest BCUT2D eigenvalue weighted by Crippen LogP contribution is -2.45. The Morgan fingerprint density at radius 1 is 1.19 bits per heavy atom. The van der Waals surface area contributed by atoms with Gasteiger partial charge in [-0.05, 0) is 42.4 Å². The minimum Gasteiger partial charge on any atom is -0.497 e. The molecule has 3 rings (SSSR count). The Morgan fingerprint density at radius 2 is 1.89 bits per heavy atom. The van der Waals surface area contributed by atoms with Gasteiger partial charge in [0.25, 0.3) is 0 Å². The van der Waals surface area contributed by atoms with E-state index in [-0.39, 0.29) is 12.7 Å². The zero-order valence-electron chi connectivity index (χ0n) is 15.7. The van der Waals surface area contributed by atoms with Crippen LogP contribution in [0.2, 0.25) is 0 Å². The van der Waals surface area contributed by atoms with Crippen LogP contribution >= 0.6 is 11.8 Å². The van der Waals surface area contributed by atoms with Crippen LogP contribution in [0, 0.1) is 0 Å². The lowest BCUT2D eigenvalue weighted by atomic mass is 9.84. The second-order valence-electron chi connectivity index (χ2n) is 6.63. The van der Waals surface area contributed by atoms with Crippen molar-refractivity contribution in [1.29, 1.82) is 0 Å². The number of rotatable bonds is 5. The summed E-state index contributed by atoms with van der Waals surface area (Å²) in [4.78, 5) is 15.0. The fraction of sp³-hybridized carbons (Fsp3) is 0.381. The average Bonchev–Trinajstić information content (AvgIpc) is 2.72. The molecule has 5 nitrogen and oxygen atoms in total. The van der Waals surface area contributed by atoms with Gasteiger partial charge in [-0.15, -0.1) is 11.8 Å². The van der Waals surface area contributed by atoms with E-state index >= 15 is 0 Å². The second kappa shape index (κ2) is 8.67. The molecule has 2 aromatic rings. The summed E-state index contributed by atoms with van der Waals surface area (Å²) >= 11 is 1.58. The molecular weight excluding hydrogens is 362 g/mol. The van der Waals surface area contributed by atoms with Crippen molar-refractivity contribution in [3.05, 3.63) is 59.7 Å². The van der Waals surface area contributed by atoms with E-state index in [2.05, 4.69) is 0 Å². The SMILES string of the molecule is COc1ccc(C2(O)CCN(C(=O)OCc3ccccc3)CC2)c(SC)c1. The number of amides is 1. The van der Waals surface area contributed by atoms with Crippen molar-refractivity contribution in [1.82, 2.24) is 4.90 Å². The summed E-state index contributed by atoms with van der Waals surface area (Å²) in [6, 6.07) is 15.4. The summed E-state index contributed by atoms with van der Waals surface area (Å²) < 4.78 is 10.7. The summed E-state index contributed by atoms with van der Waals surface area (Å²) in [6.45, 7) is 1.18. The summed E-state index contributed by atoms with van der Waals surface area (Å²) in [7, 11) is 1.63. The topological polar surface area (TPSA) is 59.0 Å². The van der Waals surface area contributed by atoms with Gasteiger partial charge >= 0.3 is 6.09 Å². The molecule has 6 heteroatoms. The lowest BCUT2D eigenvalue weighted by Gasteiger charge is -2.38. The maximum atomic E-state index is 12.3. The molecule has 1 aliphatic rings. The van der Waals surface area contributed by atoms with Gasteiger partial charge < -0.3 is 19.5 Å². The van der Waals surface area contributed by atoms with Crippen LogP contribution in [0.3, 0.4) is 0 Å². The number of likely N-dealkylation sites (tertiary alicyclic amines) is 1. The molecule has 144 valence electrons. The Bertz CT molecular complexity index is 773. The molecule has 2 aromatic carbocycles. The van der Waals surface area contributed by atoms with Crippen molar-refractivity contribution in [3.63, 3.8) is 0 Å². The number of carbonyl (C=O) groups excluding carboxylic acids is 1. The second-order valence-corrected chi connectivity index (χ2v) is 7.47. The van der Waals surface area contributed by atoms with Crippen LogP contribution in [0.25, 0.3) is 0 Å². The van der Waals surface area contributed by atoms with E-state index in [0.29, 0.717) is 25.9 Å². The first kappa shape index (κ1) is 19.6. The fourth-order valence-corrected chi connectivity index (χ4v) is 4.03. The Balaban J connectivity index is 1.61. The van der Waals surface area contributed by atoms with Crippen molar-refractivity contribution >= 4 is 17.9 Å². The van der Waals surface area contributed by atoms with E-state index < -0.39 is 5.60 Å². The fourth-order valence-electron chi connectivity index (χ4n) is 3.32. The first-order valence-corrected chi connectivity index (χ1v) is 10.2. The summed E-state index contributed by atoms with van der Waals surface area (Å²) in [5.74, 6) is 0.772. The molecule has 0 aliphatic carbocycles. The maximum Gasteiger partial charge on any atom is 0.410 e. The highest BCUT2D eigenvalue weighted by Crippen LogP contribution is 2.39. The number of carbonyl (C=O) groups is 1. The number of thioether (sulfide) groups is 1. The summed E-state index contributed by atoms with van der Waals surface area (Å²) in [6.07, 6.45) is 2.61. The molecule has 1 amide bonds. The van der Waals surface area contributed by atoms with Gasteiger partial charge in [-0.2, -0.15) is 0 Å². The lowest BCUT2D eigenvalue weighted by molar-refractivity contribution is -0.0274. The molecule has 0 bridgehead atoms. The number of hydrogen-bond donors (Lipinski definition) is 1. The summed E-state index contributed by atoms with van der Waals surface area (Å²) in [5.41, 5.74) is 0.913. The molecule has 27 heavy (non-hydrogen) atoms. The number of benzene rings is 2. The standard InChI is InChI=1S/C21H25NO4S/c1-25-17-8-9-18(19(14-17)27-2)21(24)10-12-22(13-11-21)20(23)26-15-16-6-4-3-5-7-16/h3-9,14,24H,10-13,15H2,1-2H3. The molecule has 0 unspecified atom stereocenters. The van der Waals surface area contributed by atoms with Crippen molar-refractivity contribution in [3.8, 4) is 5.75 Å². The zero-order valence-corrected chi connectivity index (χ0v) is 16.5. The Hall–Kier alpha value is -2.18. The molecule has 0 spiro atoms. The van der Waals surface area contributed by atoms with Gasteiger partial charge in [0.1, 0.15) is 12.4 Å². The number of methoxy groups -OCH3 is 1. The van der Waals surface area contributed by atoms with Crippen molar-refractivity contribution in [2.45, 2.75) is 29.9 Å². The normalized spacial score (nSPS) is 16.0. The largest absolute Gasteiger partial charge is 0.497 e. The molecule has 1 aliphatic heterocycles. The van der Waals surface area contributed by atoms with Gasteiger partial charge in [-0.3, -0.25) is 0 Å². The molecule has 1 fully saturated rings. The van der Waals surface area contributed by atoms with E-state index in [1.807, 2.05) is 54.8 Å². The maximum absolute atomic E-state index is 12.3. The quantitative estimate of drug-likeness (QED) is 0.785. The number of hydrogen-bond acceptors (Lipinski definition) is 5. The van der Waals surface area contributed by atoms with Crippen LogP contribution in [-0.4, -0.2) is 42.6 Å². The highest BCUT2D eigenvalue weighted by Gasteiger charge is 2.37. The Labute approximate surface area is 164 Å². The predicted molar refractivity (Wildman–Crippen MR) is 106 cm³/mol. The monoisotopic (exact) mass is 387 g/mol. The molecule has 1 heterocycles. The summed E-state index contributed by atoms with van der Waals surface area (Å²) in [5, 5.41) is 11.2. The molecule has 0 aromatic heterocycles. The van der Waals surface area contributed by atoms with Gasteiger partial charge in [0, 0.05) is 18.0 Å². The van der Waals surface area contributed by atoms with Crippen LogP contribution < -0.4 is 4.74 Å². The molecule has 0 atom stereocenters. The number of piperidine rings is 1. The predicted octanol–water partition coefficient (Wildman–Crippen LogP) is 4.04.